The summed E-state index contributed by atoms with van der Waals surface area (Å²) in [5, 5.41) is 13.4. The van der Waals surface area contributed by atoms with Crippen molar-refractivity contribution in [3.63, 3.8) is 0 Å². The fourth-order valence-corrected chi connectivity index (χ4v) is 2.73. The molecule has 1 saturated heterocycles. The van der Waals surface area contributed by atoms with Crippen LogP contribution in [0.1, 0.15) is 18.9 Å². The Kier molecular flexibility index (Phi) is 4.66. The first-order chi connectivity index (χ1) is 9.10. The Bertz CT molecular complexity index is 423. The molecule has 0 amide bonds. The molecule has 4 heteroatoms. The number of rotatable bonds is 4. The molecule has 1 fully saturated rings. The van der Waals surface area contributed by atoms with Crippen molar-refractivity contribution in [1.82, 2.24) is 10.2 Å². The second-order valence-corrected chi connectivity index (χ2v) is 5.51. The Morgan fingerprint density at radius 1 is 1.47 bits per heavy atom. The number of phenolic OH excluding ortho intramolecular Hbond substituents is 1. The summed E-state index contributed by atoms with van der Waals surface area (Å²) >= 11 is 0. The normalized spacial score (nSPS) is 24.4. The largest absolute Gasteiger partial charge is 0.508 e. The molecule has 1 aliphatic rings. The maximum absolute atomic E-state index is 9.86. The highest BCUT2D eigenvalue weighted by Crippen LogP contribution is 2.23. The van der Waals surface area contributed by atoms with Gasteiger partial charge in [0.05, 0.1) is 7.11 Å². The molecule has 0 aromatic heterocycles. The number of aromatic hydroxyl groups is 1. The van der Waals surface area contributed by atoms with Crippen molar-refractivity contribution in [3.8, 4) is 11.5 Å². The molecule has 0 spiro atoms. The van der Waals surface area contributed by atoms with Gasteiger partial charge >= 0.3 is 0 Å². The number of ether oxygens (including phenoxy) is 1. The van der Waals surface area contributed by atoms with E-state index in [4.69, 9.17) is 4.74 Å². The molecular formula is C15H24N2O2. The molecule has 19 heavy (non-hydrogen) atoms. The molecule has 2 rings (SSSR count). The Labute approximate surface area is 115 Å². The van der Waals surface area contributed by atoms with Crippen LogP contribution >= 0.6 is 0 Å². The van der Waals surface area contributed by atoms with Gasteiger partial charge in [0.1, 0.15) is 11.5 Å². The van der Waals surface area contributed by atoms with Crippen molar-refractivity contribution >= 4 is 0 Å². The van der Waals surface area contributed by atoms with E-state index in [1.165, 1.54) is 0 Å². The van der Waals surface area contributed by atoms with Crippen LogP contribution in [0.2, 0.25) is 0 Å². The molecular weight excluding hydrogens is 240 g/mol. The number of nitrogens with one attached hydrogen (secondary N) is 1. The number of piperidine rings is 1. The van der Waals surface area contributed by atoms with Gasteiger partial charge in [-0.15, -0.1) is 0 Å². The van der Waals surface area contributed by atoms with Crippen LogP contribution in [0, 0.1) is 5.92 Å². The third kappa shape index (κ3) is 3.61. The van der Waals surface area contributed by atoms with Gasteiger partial charge in [-0.2, -0.15) is 0 Å². The first kappa shape index (κ1) is 14.2. The fraction of sp³-hybridized carbons (Fsp3) is 0.600. The second-order valence-electron chi connectivity index (χ2n) is 5.51. The summed E-state index contributed by atoms with van der Waals surface area (Å²) in [7, 11) is 3.81. The zero-order valence-corrected chi connectivity index (χ0v) is 12.0. The molecule has 106 valence electrons. The van der Waals surface area contributed by atoms with Crippen LogP contribution in [-0.2, 0) is 6.54 Å². The summed E-state index contributed by atoms with van der Waals surface area (Å²) in [5.74, 6) is 1.74. The molecule has 1 aromatic rings. The van der Waals surface area contributed by atoms with Crippen LogP contribution in [0.4, 0.5) is 0 Å². The Balaban J connectivity index is 1.95. The standard InChI is InChI=1S/C15H24N2O2/c1-11-10-17(2)7-6-14(11)16-9-12-8-13(19-3)4-5-15(12)18/h4-5,8,11,14,16,18H,6-7,9-10H2,1-3H3. The molecule has 4 nitrogen and oxygen atoms in total. The molecule has 1 aliphatic heterocycles. The lowest BCUT2D eigenvalue weighted by Crippen LogP contribution is -2.46. The molecule has 1 aromatic carbocycles. The van der Waals surface area contributed by atoms with Gasteiger partial charge in [-0.3, -0.25) is 0 Å². The maximum Gasteiger partial charge on any atom is 0.120 e. The van der Waals surface area contributed by atoms with Crippen LogP contribution in [-0.4, -0.2) is 43.3 Å². The minimum atomic E-state index is 0.328. The lowest BCUT2D eigenvalue weighted by atomic mass is 9.94. The molecule has 0 aliphatic carbocycles. The van der Waals surface area contributed by atoms with Crippen LogP contribution in [0.15, 0.2) is 18.2 Å². The molecule has 0 bridgehead atoms. The highest BCUT2D eigenvalue weighted by molar-refractivity contribution is 5.39. The lowest BCUT2D eigenvalue weighted by molar-refractivity contribution is 0.174. The van der Waals surface area contributed by atoms with E-state index >= 15 is 0 Å². The van der Waals surface area contributed by atoms with Crippen LogP contribution in [0.3, 0.4) is 0 Å². The van der Waals surface area contributed by atoms with Crippen LogP contribution < -0.4 is 10.1 Å². The summed E-state index contributed by atoms with van der Waals surface area (Å²) in [4.78, 5) is 2.37. The van der Waals surface area contributed by atoms with E-state index in [2.05, 4.69) is 24.2 Å². The maximum atomic E-state index is 9.86. The van der Waals surface area contributed by atoms with Gasteiger partial charge in [0.15, 0.2) is 0 Å². The molecule has 0 saturated carbocycles. The van der Waals surface area contributed by atoms with Crippen LogP contribution in [0.25, 0.3) is 0 Å². The SMILES string of the molecule is COc1ccc(O)c(CNC2CCN(C)CC2C)c1. The van der Waals surface area contributed by atoms with Gasteiger partial charge in [0, 0.05) is 24.7 Å². The molecule has 1 heterocycles. The Morgan fingerprint density at radius 3 is 2.95 bits per heavy atom. The number of hydrogen-bond donors (Lipinski definition) is 2. The number of hydrogen-bond acceptors (Lipinski definition) is 4. The van der Waals surface area contributed by atoms with E-state index in [-0.39, 0.29) is 0 Å². The lowest BCUT2D eigenvalue weighted by Gasteiger charge is -2.35. The summed E-state index contributed by atoms with van der Waals surface area (Å²) in [6.07, 6.45) is 1.16. The van der Waals surface area contributed by atoms with Gasteiger partial charge in [-0.1, -0.05) is 6.92 Å². The number of benzene rings is 1. The van der Waals surface area contributed by atoms with E-state index in [1.54, 1.807) is 19.2 Å². The Hall–Kier alpha value is -1.26. The quantitative estimate of drug-likeness (QED) is 0.871. The highest BCUT2D eigenvalue weighted by atomic mass is 16.5. The van der Waals surface area contributed by atoms with Crippen molar-refractivity contribution in [2.45, 2.75) is 25.9 Å². The summed E-state index contributed by atoms with van der Waals surface area (Å²) in [6.45, 7) is 5.22. The first-order valence-electron chi connectivity index (χ1n) is 6.88. The van der Waals surface area contributed by atoms with Crippen molar-refractivity contribution in [3.05, 3.63) is 23.8 Å². The number of methoxy groups -OCH3 is 1. The highest BCUT2D eigenvalue weighted by Gasteiger charge is 2.23. The minimum Gasteiger partial charge on any atom is -0.508 e. The van der Waals surface area contributed by atoms with Gasteiger partial charge in [0.25, 0.3) is 0 Å². The zero-order valence-electron chi connectivity index (χ0n) is 12.0. The van der Waals surface area contributed by atoms with Gasteiger partial charge < -0.3 is 20.1 Å². The van der Waals surface area contributed by atoms with Crippen molar-refractivity contribution in [1.29, 1.82) is 0 Å². The third-order valence-electron chi connectivity index (χ3n) is 3.95. The van der Waals surface area contributed by atoms with Gasteiger partial charge in [-0.25, -0.2) is 0 Å². The number of likely N-dealkylation sites (tertiary alicyclic amines) is 1. The van der Waals surface area contributed by atoms with E-state index in [0.717, 1.165) is 30.8 Å². The summed E-state index contributed by atoms with van der Waals surface area (Å²) in [5.41, 5.74) is 0.894. The third-order valence-corrected chi connectivity index (χ3v) is 3.95. The molecule has 2 atom stereocenters. The summed E-state index contributed by atoms with van der Waals surface area (Å²) < 4.78 is 5.19. The number of nitrogens with zero attached hydrogens (tertiary/aromatic N) is 1. The second kappa shape index (κ2) is 6.26. The minimum absolute atomic E-state index is 0.328. The molecule has 0 radical (unpaired) electrons. The van der Waals surface area contributed by atoms with Gasteiger partial charge in [0.2, 0.25) is 0 Å². The zero-order chi connectivity index (χ0) is 13.8. The molecule has 2 unspecified atom stereocenters. The van der Waals surface area contributed by atoms with Crippen LogP contribution in [0.5, 0.6) is 11.5 Å². The van der Waals surface area contributed by atoms with E-state index in [0.29, 0.717) is 24.3 Å². The predicted octanol–water partition coefficient (Wildman–Crippen LogP) is 1.83. The van der Waals surface area contributed by atoms with Crippen molar-refractivity contribution in [2.24, 2.45) is 5.92 Å². The average Bonchev–Trinajstić information content (AvgIpc) is 2.39. The van der Waals surface area contributed by atoms with Gasteiger partial charge in [-0.05, 0) is 44.1 Å². The average molecular weight is 264 g/mol. The monoisotopic (exact) mass is 264 g/mol. The fourth-order valence-electron chi connectivity index (χ4n) is 2.73. The van der Waals surface area contributed by atoms with E-state index in [9.17, 15) is 5.11 Å². The molecule has 2 N–H and O–H groups in total. The Morgan fingerprint density at radius 2 is 2.26 bits per heavy atom. The van der Waals surface area contributed by atoms with E-state index < -0.39 is 0 Å². The number of phenols is 1. The first-order valence-corrected chi connectivity index (χ1v) is 6.88. The predicted molar refractivity (Wildman–Crippen MR) is 76.6 cm³/mol. The van der Waals surface area contributed by atoms with Crippen molar-refractivity contribution < 1.29 is 9.84 Å². The topological polar surface area (TPSA) is 44.7 Å². The summed E-state index contributed by atoms with van der Waals surface area (Å²) in [6, 6.07) is 5.87. The van der Waals surface area contributed by atoms with E-state index in [1.807, 2.05) is 6.07 Å². The van der Waals surface area contributed by atoms with Crippen molar-refractivity contribution in [2.75, 3.05) is 27.2 Å². The smallest absolute Gasteiger partial charge is 0.120 e.